The van der Waals surface area contributed by atoms with Gasteiger partial charge in [-0.1, -0.05) is 6.58 Å². The average molecular weight is 187 g/mol. The van der Waals surface area contributed by atoms with Gasteiger partial charge in [0.15, 0.2) is 0 Å². The van der Waals surface area contributed by atoms with Crippen LogP contribution in [0.2, 0.25) is 0 Å². The summed E-state index contributed by atoms with van der Waals surface area (Å²) in [6.07, 6.45) is 0.215. The van der Waals surface area contributed by atoms with Gasteiger partial charge in [-0.2, -0.15) is 0 Å². The molecule has 1 amide bonds. The second-order valence-electron chi connectivity index (χ2n) is 2.20. The second kappa shape index (κ2) is 4.91. The first kappa shape index (κ1) is 11.2. The molecule has 0 radical (unpaired) electrons. The van der Waals surface area contributed by atoms with Crippen molar-refractivity contribution < 1.29 is 24.6 Å². The molecule has 0 aromatic carbocycles. The van der Waals surface area contributed by atoms with Gasteiger partial charge in [0, 0.05) is 0 Å². The molecule has 0 saturated carbocycles. The summed E-state index contributed by atoms with van der Waals surface area (Å²) in [5.74, 6) is -3.40. The van der Waals surface area contributed by atoms with Gasteiger partial charge in [-0.05, 0) is 6.08 Å². The predicted molar refractivity (Wildman–Crippen MR) is 42.0 cm³/mol. The van der Waals surface area contributed by atoms with Gasteiger partial charge in [0.05, 0.1) is 6.42 Å². The minimum absolute atomic E-state index is 0.658. The summed E-state index contributed by atoms with van der Waals surface area (Å²) in [4.78, 5) is 31.1. The van der Waals surface area contributed by atoms with Crippen molar-refractivity contribution in [3.63, 3.8) is 0 Å². The van der Waals surface area contributed by atoms with E-state index in [4.69, 9.17) is 10.2 Å². The SMILES string of the molecule is C=CC(=O)N[C@@H](CC(=O)O)C(=O)O. The molecular weight excluding hydrogens is 178 g/mol. The maximum atomic E-state index is 10.6. The first-order chi connectivity index (χ1) is 5.97. The van der Waals surface area contributed by atoms with Crippen molar-refractivity contribution in [2.75, 3.05) is 0 Å². The van der Waals surface area contributed by atoms with Crippen molar-refractivity contribution in [1.29, 1.82) is 0 Å². The van der Waals surface area contributed by atoms with Crippen LogP contribution in [0.3, 0.4) is 0 Å². The van der Waals surface area contributed by atoms with E-state index in [1.807, 2.05) is 5.32 Å². The molecule has 0 unspecified atom stereocenters. The number of carboxylic acids is 2. The van der Waals surface area contributed by atoms with E-state index in [2.05, 4.69) is 6.58 Å². The van der Waals surface area contributed by atoms with Crippen LogP contribution >= 0.6 is 0 Å². The zero-order valence-electron chi connectivity index (χ0n) is 6.69. The van der Waals surface area contributed by atoms with E-state index in [1.165, 1.54) is 0 Å². The number of amides is 1. The Hall–Kier alpha value is -1.85. The third-order valence-corrected chi connectivity index (χ3v) is 1.18. The van der Waals surface area contributed by atoms with Crippen molar-refractivity contribution >= 4 is 17.8 Å². The molecule has 1 atom stereocenters. The van der Waals surface area contributed by atoms with E-state index in [1.54, 1.807) is 0 Å². The van der Waals surface area contributed by atoms with Crippen molar-refractivity contribution in [2.45, 2.75) is 12.5 Å². The van der Waals surface area contributed by atoms with Crippen LogP contribution in [-0.4, -0.2) is 34.1 Å². The lowest BCUT2D eigenvalue weighted by atomic mass is 10.2. The van der Waals surface area contributed by atoms with Gasteiger partial charge < -0.3 is 15.5 Å². The fourth-order valence-corrected chi connectivity index (χ4v) is 0.605. The van der Waals surface area contributed by atoms with E-state index >= 15 is 0 Å². The summed E-state index contributed by atoms with van der Waals surface area (Å²) in [6, 6.07) is -1.41. The van der Waals surface area contributed by atoms with Crippen molar-refractivity contribution in [2.24, 2.45) is 0 Å². The van der Waals surface area contributed by atoms with E-state index in [0.29, 0.717) is 0 Å². The number of carbonyl (C=O) groups is 3. The van der Waals surface area contributed by atoms with Gasteiger partial charge in [-0.25, -0.2) is 4.79 Å². The first-order valence-electron chi connectivity index (χ1n) is 3.35. The zero-order chi connectivity index (χ0) is 10.4. The fraction of sp³-hybridized carbons (Fsp3) is 0.286. The Morgan fingerprint density at radius 2 is 1.92 bits per heavy atom. The minimum atomic E-state index is -1.41. The average Bonchev–Trinajstić information content (AvgIpc) is 2.02. The topological polar surface area (TPSA) is 104 Å². The molecule has 3 N–H and O–H groups in total. The van der Waals surface area contributed by atoms with Gasteiger partial charge >= 0.3 is 11.9 Å². The maximum Gasteiger partial charge on any atom is 0.326 e. The molecule has 6 heteroatoms. The molecule has 0 bridgehead atoms. The molecule has 0 heterocycles. The maximum absolute atomic E-state index is 10.6. The molecule has 13 heavy (non-hydrogen) atoms. The highest BCUT2D eigenvalue weighted by atomic mass is 16.4. The Bertz CT molecular complexity index is 247. The Labute approximate surface area is 73.9 Å². The number of carboxylic acid groups (broad SMARTS) is 2. The van der Waals surface area contributed by atoms with Crippen LogP contribution in [0.1, 0.15) is 6.42 Å². The lowest BCUT2D eigenvalue weighted by Crippen LogP contribution is -2.41. The van der Waals surface area contributed by atoms with Gasteiger partial charge in [-0.15, -0.1) is 0 Å². The number of hydrogen-bond donors (Lipinski definition) is 3. The van der Waals surface area contributed by atoms with E-state index in [9.17, 15) is 14.4 Å². The highest BCUT2D eigenvalue weighted by Gasteiger charge is 2.21. The fourth-order valence-electron chi connectivity index (χ4n) is 0.605. The molecule has 0 spiro atoms. The van der Waals surface area contributed by atoms with Crippen LogP contribution in [0, 0.1) is 0 Å². The van der Waals surface area contributed by atoms with E-state index in [0.717, 1.165) is 6.08 Å². The Morgan fingerprint density at radius 1 is 1.38 bits per heavy atom. The molecule has 0 aliphatic heterocycles. The molecule has 6 nitrogen and oxygen atoms in total. The third-order valence-electron chi connectivity index (χ3n) is 1.18. The summed E-state index contributed by atoms with van der Waals surface area (Å²) in [5.41, 5.74) is 0. The Balaban J connectivity index is 4.26. The summed E-state index contributed by atoms with van der Waals surface area (Å²) < 4.78 is 0. The molecule has 0 saturated heterocycles. The highest BCUT2D eigenvalue weighted by molar-refractivity contribution is 5.92. The molecule has 0 fully saturated rings. The first-order valence-corrected chi connectivity index (χ1v) is 3.35. The second-order valence-corrected chi connectivity index (χ2v) is 2.20. The van der Waals surface area contributed by atoms with Gasteiger partial charge in [-0.3, -0.25) is 9.59 Å². The molecule has 0 rings (SSSR count). The molecule has 0 aliphatic rings. The minimum Gasteiger partial charge on any atom is -0.481 e. The van der Waals surface area contributed by atoms with Crippen molar-refractivity contribution in [3.8, 4) is 0 Å². The lowest BCUT2D eigenvalue weighted by Gasteiger charge is -2.09. The Kier molecular flexibility index (Phi) is 4.21. The van der Waals surface area contributed by atoms with Crippen LogP contribution < -0.4 is 5.32 Å². The largest absolute Gasteiger partial charge is 0.481 e. The van der Waals surface area contributed by atoms with Crippen molar-refractivity contribution in [3.05, 3.63) is 12.7 Å². The number of nitrogens with one attached hydrogen (secondary N) is 1. The smallest absolute Gasteiger partial charge is 0.326 e. The third kappa shape index (κ3) is 4.57. The van der Waals surface area contributed by atoms with Crippen molar-refractivity contribution in [1.82, 2.24) is 5.32 Å². The van der Waals surface area contributed by atoms with Crippen LogP contribution in [0.15, 0.2) is 12.7 Å². The zero-order valence-corrected chi connectivity index (χ0v) is 6.69. The van der Waals surface area contributed by atoms with E-state index < -0.39 is 30.3 Å². The van der Waals surface area contributed by atoms with Gasteiger partial charge in [0.2, 0.25) is 5.91 Å². The summed E-state index contributed by atoms with van der Waals surface area (Å²) in [6.45, 7) is 3.10. The van der Waals surface area contributed by atoms with Crippen LogP contribution in [0.25, 0.3) is 0 Å². The molecule has 0 aromatic heterocycles. The van der Waals surface area contributed by atoms with Gasteiger partial charge in [0.25, 0.3) is 0 Å². The van der Waals surface area contributed by atoms with Crippen LogP contribution in [0.5, 0.6) is 0 Å². The number of carbonyl (C=O) groups excluding carboxylic acids is 1. The van der Waals surface area contributed by atoms with Crippen LogP contribution in [0.4, 0.5) is 0 Å². The molecule has 72 valence electrons. The Morgan fingerprint density at radius 3 is 2.23 bits per heavy atom. The lowest BCUT2D eigenvalue weighted by molar-refractivity contribution is -0.146. The highest BCUT2D eigenvalue weighted by Crippen LogP contribution is 1.92. The summed E-state index contributed by atoms with van der Waals surface area (Å²) in [5, 5.41) is 18.7. The molecular formula is C7H9NO5. The number of aliphatic carboxylic acids is 2. The number of hydrogen-bond acceptors (Lipinski definition) is 3. The predicted octanol–water partition coefficient (Wildman–Crippen LogP) is -0.783. The van der Waals surface area contributed by atoms with Crippen LogP contribution in [-0.2, 0) is 14.4 Å². The molecule has 0 aliphatic carbocycles. The standard InChI is InChI=1S/C7H9NO5/c1-2-5(9)8-4(7(12)13)3-6(10)11/h2,4H,1,3H2,(H,8,9)(H,10,11)(H,12,13)/t4-/m0/s1. The van der Waals surface area contributed by atoms with E-state index in [-0.39, 0.29) is 0 Å². The number of rotatable bonds is 5. The quantitative estimate of drug-likeness (QED) is 0.489. The molecule has 0 aromatic rings. The summed E-state index contributed by atoms with van der Waals surface area (Å²) in [7, 11) is 0. The van der Waals surface area contributed by atoms with Gasteiger partial charge in [0.1, 0.15) is 6.04 Å². The normalized spacial score (nSPS) is 11.4. The summed E-state index contributed by atoms with van der Waals surface area (Å²) >= 11 is 0. The monoisotopic (exact) mass is 187 g/mol.